The fourth-order valence-electron chi connectivity index (χ4n) is 0.519. The van der Waals surface area contributed by atoms with Gasteiger partial charge in [0.25, 0.3) is 0 Å². The second kappa shape index (κ2) is 2.41. The first-order chi connectivity index (χ1) is 4.36. The van der Waals surface area contributed by atoms with Gasteiger partial charge in [-0.2, -0.15) is 5.10 Å². The van der Waals surface area contributed by atoms with Gasteiger partial charge >= 0.3 is 0 Å². The van der Waals surface area contributed by atoms with Crippen molar-refractivity contribution in [2.24, 2.45) is 0 Å². The highest BCUT2D eigenvalue weighted by molar-refractivity contribution is 5.71. The van der Waals surface area contributed by atoms with E-state index in [0.717, 1.165) is 0 Å². The molecule has 1 aromatic heterocycles. The number of hydrogen-bond acceptors (Lipinski definition) is 3. The maximum absolute atomic E-state index is 9.98. The number of aliphatic hydroxyl groups excluding tert-OH is 1. The van der Waals surface area contributed by atoms with Crippen molar-refractivity contribution < 1.29 is 9.90 Å². The molecule has 0 aliphatic heterocycles. The predicted octanol–water partition coefficient (Wildman–Crippen LogP) is -0.355. The predicted molar refractivity (Wildman–Crippen MR) is 29.8 cm³/mol. The number of rotatable bonds is 2. The Labute approximate surface area is 51.7 Å². The molecule has 0 radical (unpaired) electrons. The summed E-state index contributed by atoms with van der Waals surface area (Å²) in [5, 5.41) is 12.1. The Balaban J connectivity index is 2.86. The first-order valence-corrected chi connectivity index (χ1v) is 2.46. The normalized spacial score (nSPS) is 9.44. The second-order valence-electron chi connectivity index (χ2n) is 1.54. The highest BCUT2D eigenvalue weighted by Gasteiger charge is 1.92. The fourth-order valence-corrected chi connectivity index (χ4v) is 0.519. The van der Waals surface area contributed by atoms with E-state index in [4.69, 9.17) is 5.11 Å². The number of carbonyl (C=O) groups is 1. The van der Waals surface area contributed by atoms with Gasteiger partial charge in [-0.05, 0) is 6.07 Å². The molecule has 1 rings (SSSR count). The first-order valence-electron chi connectivity index (χ1n) is 2.46. The molecule has 4 nitrogen and oxygen atoms in total. The third kappa shape index (κ3) is 1.14. The van der Waals surface area contributed by atoms with Gasteiger partial charge in [0.1, 0.15) is 12.4 Å². The van der Waals surface area contributed by atoms with Crippen LogP contribution >= 0.6 is 0 Å². The smallest absolute Gasteiger partial charge is 0.170 e. The van der Waals surface area contributed by atoms with Crippen LogP contribution in [0.4, 0.5) is 0 Å². The lowest BCUT2D eigenvalue weighted by molar-refractivity contribution is 0.111. The van der Waals surface area contributed by atoms with Crippen molar-refractivity contribution in [3.8, 4) is 0 Å². The summed E-state index contributed by atoms with van der Waals surface area (Å²) in [4.78, 5) is 9.98. The van der Waals surface area contributed by atoms with Crippen molar-refractivity contribution >= 4 is 6.29 Å². The minimum Gasteiger partial charge on any atom is -0.374 e. The van der Waals surface area contributed by atoms with Gasteiger partial charge in [0, 0.05) is 6.20 Å². The molecule has 48 valence electrons. The van der Waals surface area contributed by atoms with Crippen molar-refractivity contribution in [2.45, 2.75) is 6.73 Å². The monoisotopic (exact) mass is 126 g/mol. The standard InChI is InChI=1S/C5H6N2O2/c8-3-5-1-2-7(4-9)6-5/h1-3,9H,4H2. The summed E-state index contributed by atoms with van der Waals surface area (Å²) < 4.78 is 1.27. The number of aliphatic hydroxyl groups is 1. The van der Waals surface area contributed by atoms with Crippen LogP contribution in [0.3, 0.4) is 0 Å². The van der Waals surface area contributed by atoms with Crippen LogP contribution in [0.25, 0.3) is 0 Å². The molecule has 1 N–H and O–H groups in total. The average Bonchev–Trinajstić information content (AvgIpc) is 2.34. The van der Waals surface area contributed by atoms with Crippen LogP contribution in [0, 0.1) is 0 Å². The van der Waals surface area contributed by atoms with E-state index in [1.807, 2.05) is 0 Å². The molecule has 0 aliphatic carbocycles. The maximum Gasteiger partial charge on any atom is 0.170 e. The molecule has 0 saturated carbocycles. The van der Waals surface area contributed by atoms with E-state index in [1.165, 1.54) is 16.9 Å². The fraction of sp³-hybridized carbons (Fsp3) is 0.200. The van der Waals surface area contributed by atoms with Crippen molar-refractivity contribution in [3.05, 3.63) is 18.0 Å². The van der Waals surface area contributed by atoms with Crippen molar-refractivity contribution in [3.63, 3.8) is 0 Å². The van der Waals surface area contributed by atoms with Gasteiger partial charge in [-0.3, -0.25) is 4.79 Å². The van der Waals surface area contributed by atoms with Gasteiger partial charge in [-0.15, -0.1) is 0 Å². The summed E-state index contributed by atoms with van der Waals surface area (Å²) in [5.41, 5.74) is 0.337. The van der Waals surface area contributed by atoms with Crippen LogP contribution in [0.2, 0.25) is 0 Å². The molecule has 0 aliphatic rings. The molecule has 0 unspecified atom stereocenters. The Bertz CT molecular complexity index is 206. The quantitative estimate of drug-likeness (QED) is 0.551. The van der Waals surface area contributed by atoms with Crippen molar-refractivity contribution in [1.82, 2.24) is 9.78 Å². The van der Waals surface area contributed by atoms with Gasteiger partial charge < -0.3 is 5.11 Å². The summed E-state index contributed by atoms with van der Waals surface area (Å²) in [6.45, 7) is -0.187. The Morgan fingerprint density at radius 3 is 3.00 bits per heavy atom. The largest absolute Gasteiger partial charge is 0.374 e. The van der Waals surface area contributed by atoms with Crippen LogP contribution in [0.1, 0.15) is 10.5 Å². The third-order valence-corrected chi connectivity index (χ3v) is 0.927. The zero-order valence-corrected chi connectivity index (χ0v) is 4.69. The summed E-state index contributed by atoms with van der Waals surface area (Å²) in [7, 11) is 0. The molecular weight excluding hydrogens is 120 g/mol. The van der Waals surface area contributed by atoms with E-state index in [-0.39, 0.29) is 6.73 Å². The highest BCUT2D eigenvalue weighted by Crippen LogP contribution is 1.88. The first kappa shape index (κ1) is 5.97. The van der Waals surface area contributed by atoms with Gasteiger partial charge in [-0.1, -0.05) is 0 Å². The zero-order chi connectivity index (χ0) is 6.69. The molecule has 1 heterocycles. The molecule has 4 heteroatoms. The number of hydrogen-bond donors (Lipinski definition) is 1. The highest BCUT2D eigenvalue weighted by atomic mass is 16.3. The second-order valence-corrected chi connectivity index (χ2v) is 1.54. The molecule has 1 aromatic rings. The Morgan fingerprint density at radius 1 is 1.89 bits per heavy atom. The number of aromatic nitrogens is 2. The van der Waals surface area contributed by atoms with E-state index in [0.29, 0.717) is 12.0 Å². The van der Waals surface area contributed by atoms with Gasteiger partial charge in [0.05, 0.1) is 0 Å². The summed E-state index contributed by atoms with van der Waals surface area (Å²) in [6.07, 6.45) is 2.16. The average molecular weight is 126 g/mol. The molecular formula is C5H6N2O2. The van der Waals surface area contributed by atoms with Crippen molar-refractivity contribution in [2.75, 3.05) is 0 Å². The van der Waals surface area contributed by atoms with E-state index in [2.05, 4.69) is 5.10 Å². The van der Waals surface area contributed by atoms with E-state index < -0.39 is 0 Å². The lowest BCUT2D eigenvalue weighted by atomic mass is 10.5. The molecule has 0 bridgehead atoms. The van der Waals surface area contributed by atoms with E-state index in [9.17, 15) is 4.79 Å². The van der Waals surface area contributed by atoms with Gasteiger partial charge in [-0.25, -0.2) is 4.68 Å². The molecule has 0 saturated heterocycles. The van der Waals surface area contributed by atoms with Crippen LogP contribution in [0.15, 0.2) is 12.3 Å². The molecule has 0 atom stereocenters. The maximum atomic E-state index is 9.98. The number of carbonyl (C=O) groups excluding carboxylic acids is 1. The van der Waals surface area contributed by atoms with E-state index in [1.54, 1.807) is 0 Å². The molecule has 0 fully saturated rings. The lowest BCUT2D eigenvalue weighted by Crippen LogP contribution is -1.97. The Morgan fingerprint density at radius 2 is 2.67 bits per heavy atom. The molecule has 0 aromatic carbocycles. The van der Waals surface area contributed by atoms with Crippen LogP contribution in [-0.4, -0.2) is 21.2 Å². The molecule has 0 amide bonds. The van der Waals surface area contributed by atoms with E-state index >= 15 is 0 Å². The number of aldehydes is 1. The lowest BCUT2D eigenvalue weighted by Gasteiger charge is -1.88. The topological polar surface area (TPSA) is 55.1 Å². The van der Waals surface area contributed by atoms with Crippen LogP contribution in [-0.2, 0) is 6.73 Å². The molecule has 9 heavy (non-hydrogen) atoms. The SMILES string of the molecule is O=Cc1ccn(CO)n1. The van der Waals surface area contributed by atoms with Gasteiger partial charge in [0.2, 0.25) is 0 Å². The summed E-state index contributed by atoms with van der Waals surface area (Å²) in [5.74, 6) is 0. The summed E-state index contributed by atoms with van der Waals surface area (Å²) in [6, 6.07) is 1.53. The minimum absolute atomic E-state index is 0.187. The van der Waals surface area contributed by atoms with Gasteiger partial charge in [0.15, 0.2) is 6.29 Å². The Kier molecular flexibility index (Phi) is 1.60. The zero-order valence-electron chi connectivity index (χ0n) is 4.69. The van der Waals surface area contributed by atoms with Crippen LogP contribution < -0.4 is 0 Å². The number of nitrogens with zero attached hydrogens (tertiary/aromatic N) is 2. The minimum atomic E-state index is -0.187. The summed E-state index contributed by atoms with van der Waals surface area (Å²) >= 11 is 0. The van der Waals surface area contributed by atoms with Crippen molar-refractivity contribution in [1.29, 1.82) is 0 Å². The molecule has 0 spiro atoms. The third-order valence-electron chi connectivity index (χ3n) is 0.927. The Hall–Kier alpha value is -1.16. The van der Waals surface area contributed by atoms with Crippen LogP contribution in [0.5, 0.6) is 0 Å².